The summed E-state index contributed by atoms with van der Waals surface area (Å²) in [7, 11) is 0. The highest BCUT2D eigenvalue weighted by atomic mass is 16.5. The Kier molecular flexibility index (Phi) is 4.68. The third kappa shape index (κ3) is 3.33. The van der Waals surface area contributed by atoms with Crippen LogP contribution < -0.4 is 10.6 Å². The number of H-pyrrole nitrogens is 2. The predicted molar refractivity (Wildman–Crippen MR) is 98.7 cm³/mol. The molecule has 3 aromatic rings. The number of ether oxygens (including phenoxy) is 1. The van der Waals surface area contributed by atoms with Crippen LogP contribution in [0.4, 0.5) is 5.69 Å². The zero-order chi connectivity index (χ0) is 17.9. The third-order valence-corrected chi connectivity index (χ3v) is 4.48. The topological polar surface area (TPSA) is 108 Å². The number of carbonyl (C=O) groups excluding carboxylic acids is 1. The number of benzene rings is 1. The molecular formula is C18H22N6O2. The highest BCUT2D eigenvalue weighted by molar-refractivity contribution is 5.97. The highest BCUT2D eigenvalue weighted by Crippen LogP contribution is 2.26. The van der Waals surface area contributed by atoms with E-state index in [-0.39, 0.29) is 12.0 Å². The Hall–Kier alpha value is -2.71. The maximum absolute atomic E-state index is 12.3. The average Bonchev–Trinajstić information content (AvgIpc) is 3.38. The molecule has 26 heavy (non-hydrogen) atoms. The fourth-order valence-corrected chi connectivity index (χ4v) is 3.11. The summed E-state index contributed by atoms with van der Waals surface area (Å²) in [4.78, 5) is 20.2. The van der Waals surface area contributed by atoms with Crippen LogP contribution in [0, 0.1) is 0 Å². The minimum absolute atomic E-state index is 0.144. The molecule has 4 N–H and O–H groups in total. The summed E-state index contributed by atoms with van der Waals surface area (Å²) < 4.78 is 5.43. The molecule has 0 radical (unpaired) electrons. The molecule has 0 spiro atoms. The summed E-state index contributed by atoms with van der Waals surface area (Å²) in [5.41, 5.74) is 4.25. The van der Waals surface area contributed by atoms with Crippen molar-refractivity contribution in [2.24, 2.45) is 0 Å². The van der Waals surface area contributed by atoms with Crippen LogP contribution in [0.1, 0.15) is 25.3 Å². The smallest absolute Gasteiger partial charge is 0.253 e. The number of anilines is 1. The second kappa shape index (κ2) is 7.27. The first-order valence-corrected chi connectivity index (χ1v) is 8.90. The quantitative estimate of drug-likeness (QED) is 0.543. The zero-order valence-electron chi connectivity index (χ0n) is 14.6. The lowest BCUT2D eigenvalue weighted by atomic mass is 10.2. The number of fused-ring (bicyclic) bond motifs is 1. The van der Waals surface area contributed by atoms with Gasteiger partial charge in [-0.15, -0.1) is 0 Å². The van der Waals surface area contributed by atoms with E-state index < -0.39 is 0 Å². The summed E-state index contributed by atoms with van der Waals surface area (Å²) in [6, 6.07) is 6.13. The number of nitrogens with zero attached hydrogens (tertiary/aromatic N) is 2. The van der Waals surface area contributed by atoms with Crippen LogP contribution in [0.15, 0.2) is 24.4 Å². The number of nitrogens with one attached hydrogen (secondary N) is 4. The molecule has 1 aromatic carbocycles. The number of amides is 1. The van der Waals surface area contributed by atoms with Crippen molar-refractivity contribution in [1.29, 1.82) is 0 Å². The number of rotatable bonds is 6. The lowest BCUT2D eigenvalue weighted by Crippen LogP contribution is -2.26. The number of aromatic amines is 2. The molecule has 1 saturated heterocycles. The SMILES string of the molecule is CCNCc1ccc2nc(-c3[nH]ncc3NC(=O)C3CCCO3)[nH]c2c1. The molecule has 3 heterocycles. The van der Waals surface area contributed by atoms with Gasteiger partial charge in [0.05, 0.1) is 22.9 Å². The molecule has 1 atom stereocenters. The Morgan fingerprint density at radius 2 is 2.35 bits per heavy atom. The van der Waals surface area contributed by atoms with Gasteiger partial charge < -0.3 is 20.4 Å². The monoisotopic (exact) mass is 354 g/mol. The van der Waals surface area contributed by atoms with E-state index in [0.29, 0.717) is 23.8 Å². The summed E-state index contributed by atoms with van der Waals surface area (Å²) in [6.45, 7) is 4.45. The molecule has 2 aromatic heterocycles. The van der Waals surface area contributed by atoms with Crippen molar-refractivity contribution in [1.82, 2.24) is 25.5 Å². The van der Waals surface area contributed by atoms with E-state index in [2.05, 4.69) is 49.9 Å². The van der Waals surface area contributed by atoms with Crippen molar-refractivity contribution >= 4 is 22.6 Å². The number of aromatic nitrogens is 4. The molecule has 8 heteroatoms. The van der Waals surface area contributed by atoms with Gasteiger partial charge in [-0.1, -0.05) is 13.0 Å². The molecule has 1 aliphatic rings. The fraction of sp³-hybridized carbons (Fsp3) is 0.389. The first-order chi connectivity index (χ1) is 12.7. The second-order valence-corrected chi connectivity index (χ2v) is 6.37. The van der Waals surface area contributed by atoms with Crippen LogP contribution in [0.5, 0.6) is 0 Å². The first kappa shape index (κ1) is 16.7. The van der Waals surface area contributed by atoms with Crippen LogP contribution in [0.3, 0.4) is 0 Å². The van der Waals surface area contributed by atoms with Gasteiger partial charge in [0, 0.05) is 13.2 Å². The second-order valence-electron chi connectivity index (χ2n) is 6.37. The fourth-order valence-electron chi connectivity index (χ4n) is 3.11. The third-order valence-electron chi connectivity index (χ3n) is 4.48. The van der Waals surface area contributed by atoms with E-state index in [0.717, 1.165) is 37.0 Å². The summed E-state index contributed by atoms with van der Waals surface area (Å²) >= 11 is 0. The molecule has 0 saturated carbocycles. The number of carbonyl (C=O) groups is 1. The van der Waals surface area contributed by atoms with Crippen molar-refractivity contribution < 1.29 is 9.53 Å². The van der Waals surface area contributed by atoms with Gasteiger partial charge in [0.2, 0.25) is 0 Å². The molecule has 1 amide bonds. The van der Waals surface area contributed by atoms with E-state index in [1.54, 1.807) is 6.20 Å². The van der Waals surface area contributed by atoms with Gasteiger partial charge in [-0.3, -0.25) is 9.89 Å². The number of hydrogen-bond acceptors (Lipinski definition) is 5. The maximum Gasteiger partial charge on any atom is 0.253 e. The molecule has 4 rings (SSSR count). The molecule has 1 aliphatic heterocycles. The van der Waals surface area contributed by atoms with Crippen LogP contribution in [-0.4, -0.2) is 45.3 Å². The highest BCUT2D eigenvalue weighted by Gasteiger charge is 2.25. The van der Waals surface area contributed by atoms with Crippen LogP contribution in [0.25, 0.3) is 22.6 Å². The molecule has 1 fully saturated rings. The normalized spacial score (nSPS) is 17.0. The van der Waals surface area contributed by atoms with Crippen molar-refractivity contribution in [2.75, 3.05) is 18.5 Å². The molecular weight excluding hydrogens is 332 g/mol. The molecule has 0 aliphatic carbocycles. The van der Waals surface area contributed by atoms with Gasteiger partial charge in [0.15, 0.2) is 5.82 Å². The minimum atomic E-state index is -0.387. The Labute approximate surface area is 150 Å². The lowest BCUT2D eigenvalue weighted by Gasteiger charge is -2.09. The Morgan fingerprint density at radius 3 is 3.15 bits per heavy atom. The van der Waals surface area contributed by atoms with Crippen molar-refractivity contribution in [3.63, 3.8) is 0 Å². The van der Waals surface area contributed by atoms with Crippen molar-refractivity contribution in [2.45, 2.75) is 32.4 Å². The Morgan fingerprint density at radius 1 is 1.42 bits per heavy atom. The Balaban J connectivity index is 1.57. The standard InChI is InChI=1S/C18H22N6O2/c1-2-19-9-11-5-6-12-13(8-11)22-17(21-12)16-14(10-20-24-16)23-18(25)15-4-3-7-26-15/h5-6,8,10,15,19H,2-4,7,9H2,1H3,(H,20,24)(H,21,22)(H,23,25). The van der Waals surface area contributed by atoms with Crippen LogP contribution >= 0.6 is 0 Å². The van der Waals surface area contributed by atoms with Gasteiger partial charge in [-0.25, -0.2) is 4.98 Å². The van der Waals surface area contributed by atoms with Crippen molar-refractivity contribution in [3.8, 4) is 11.5 Å². The van der Waals surface area contributed by atoms with E-state index in [9.17, 15) is 4.79 Å². The van der Waals surface area contributed by atoms with Gasteiger partial charge >= 0.3 is 0 Å². The van der Waals surface area contributed by atoms with Gasteiger partial charge in [-0.05, 0) is 37.1 Å². The maximum atomic E-state index is 12.3. The Bertz CT molecular complexity index is 909. The van der Waals surface area contributed by atoms with E-state index >= 15 is 0 Å². The van der Waals surface area contributed by atoms with Crippen LogP contribution in [0.2, 0.25) is 0 Å². The number of hydrogen-bond donors (Lipinski definition) is 4. The summed E-state index contributed by atoms with van der Waals surface area (Å²) in [5, 5.41) is 13.2. The summed E-state index contributed by atoms with van der Waals surface area (Å²) in [6.07, 6.45) is 2.86. The van der Waals surface area contributed by atoms with E-state index in [1.165, 1.54) is 5.56 Å². The molecule has 8 nitrogen and oxygen atoms in total. The molecule has 0 bridgehead atoms. The van der Waals surface area contributed by atoms with Gasteiger partial charge in [-0.2, -0.15) is 5.10 Å². The zero-order valence-corrected chi connectivity index (χ0v) is 14.6. The van der Waals surface area contributed by atoms with Gasteiger partial charge in [0.25, 0.3) is 5.91 Å². The largest absolute Gasteiger partial charge is 0.368 e. The summed E-state index contributed by atoms with van der Waals surface area (Å²) in [5.74, 6) is 0.495. The molecule has 1 unspecified atom stereocenters. The molecule has 136 valence electrons. The average molecular weight is 354 g/mol. The van der Waals surface area contributed by atoms with Gasteiger partial charge in [0.1, 0.15) is 11.8 Å². The lowest BCUT2D eigenvalue weighted by molar-refractivity contribution is -0.124. The van der Waals surface area contributed by atoms with Crippen LogP contribution in [-0.2, 0) is 16.1 Å². The number of imidazole rings is 1. The minimum Gasteiger partial charge on any atom is -0.368 e. The predicted octanol–water partition coefficient (Wildman–Crippen LogP) is 2.18. The first-order valence-electron chi connectivity index (χ1n) is 8.90. The van der Waals surface area contributed by atoms with Crippen molar-refractivity contribution in [3.05, 3.63) is 30.0 Å². The van der Waals surface area contributed by atoms with E-state index in [1.807, 2.05) is 6.07 Å². The van der Waals surface area contributed by atoms with E-state index in [4.69, 9.17) is 4.74 Å².